The number of alkyl halides is 3. The van der Waals surface area contributed by atoms with Crippen LogP contribution in [0, 0.1) is 0 Å². The van der Waals surface area contributed by atoms with Crippen molar-refractivity contribution in [1.29, 1.82) is 0 Å². The zero-order valence-corrected chi connectivity index (χ0v) is 15.3. The Morgan fingerprint density at radius 2 is 1.71 bits per heavy atom. The number of halogens is 3. The van der Waals surface area contributed by atoms with Gasteiger partial charge in [-0.15, -0.1) is 13.2 Å². The topological polar surface area (TPSA) is 53.6 Å². The van der Waals surface area contributed by atoms with Gasteiger partial charge in [-0.05, 0) is 55.7 Å². The van der Waals surface area contributed by atoms with Crippen LogP contribution in [0.3, 0.4) is 0 Å². The summed E-state index contributed by atoms with van der Waals surface area (Å²) in [6.45, 7) is 2.02. The second-order valence-electron chi connectivity index (χ2n) is 6.57. The fourth-order valence-electron chi connectivity index (χ4n) is 3.10. The maximum Gasteiger partial charge on any atom is 0.573 e. The first kappa shape index (κ1) is 19.9. The van der Waals surface area contributed by atoms with E-state index in [1.165, 1.54) is 37.5 Å². The molecule has 150 valence electrons. The van der Waals surface area contributed by atoms with E-state index in [1.54, 1.807) is 6.07 Å². The van der Waals surface area contributed by atoms with Gasteiger partial charge in [0.2, 0.25) is 5.91 Å². The van der Waals surface area contributed by atoms with Gasteiger partial charge in [-0.2, -0.15) is 0 Å². The Morgan fingerprint density at radius 3 is 2.39 bits per heavy atom. The van der Waals surface area contributed by atoms with Gasteiger partial charge in [0.25, 0.3) is 0 Å². The van der Waals surface area contributed by atoms with E-state index in [9.17, 15) is 18.0 Å². The molecule has 8 heteroatoms. The molecule has 0 unspecified atom stereocenters. The van der Waals surface area contributed by atoms with Gasteiger partial charge in [0.1, 0.15) is 5.75 Å². The van der Waals surface area contributed by atoms with Gasteiger partial charge in [-0.3, -0.25) is 4.79 Å². The minimum absolute atomic E-state index is 0.0800. The molecule has 28 heavy (non-hydrogen) atoms. The third-order valence-electron chi connectivity index (χ3n) is 4.39. The van der Waals surface area contributed by atoms with E-state index in [4.69, 9.17) is 0 Å². The lowest BCUT2D eigenvalue weighted by molar-refractivity contribution is -0.274. The highest BCUT2D eigenvalue weighted by molar-refractivity contribution is 5.93. The standard InChI is InChI=1S/C20H22F3N3O2/c21-20(22,23)28-18-6-4-5-16(13-18)24-14-19(27)25-15-7-9-17(10-8-15)26-11-2-1-3-12-26/h4-10,13,24H,1-3,11-12,14H2,(H,25,27). The Balaban J connectivity index is 1.49. The van der Waals surface area contributed by atoms with Gasteiger partial charge in [0.15, 0.2) is 0 Å². The molecule has 0 spiro atoms. The first-order chi connectivity index (χ1) is 13.4. The molecule has 2 aromatic carbocycles. The SMILES string of the molecule is O=C(CNc1cccc(OC(F)(F)F)c1)Nc1ccc(N2CCCCC2)cc1. The van der Waals surface area contributed by atoms with Crippen LogP contribution in [-0.4, -0.2) is 31.9 Å². The fraction of sp³-hybridized carbons (Fsp3) is 0.350. The highest BCUT2D eigenvalue weighted by Gasteiger charge is 2.31. The summed E-state index contributed by atoms with van der Waals surface area (Å²) in [6.07, 6.45) is -1.10. The average molecular weight is 393 g/mol. The first-order valence-electron chi connectivity index (χ1n) is 9.14. The van der Waals surface area contributed by atoms with Crippen molar-refractivity contribution in [3.8, 4) is 5.75 Å². The molecule has 1 amide bonds. The second-order valence-corrected chi connectivity index (χ2v) is 6.57. The number of rotatable bonds is 6. The number of hydrogen-bond donors (Lipinski definition) is 2. The Morgan fingerprint density at radius 1 is 1.00 bits per heavy atom. The predicted molar refractivity (Wildman–Crippen MR) is 103 cm³/mol. The van der Waals surface area contributed by atoms with Crippen LogP contribution in [0.1, 0.15) is 19.3 Å². The molecular weight excluding hydrogens is 371 g/mol. The Bertz CT molecular complexity index is 788. The van der Waals surface area contributed by atoms with Gasteiger partial charge < -0.3 is 20.3 Å². The number of piperidine rings is 1. The molecule has 2 aromatic rings. The normalized spacial score (nSPS) is 14.5. The van der Waals surface area contributed by atoms with Crippen molar-refractivity contribution in [3.63, 3.8) is 0 Å². The summed E-state index contributed by atoms with van der Waals surface area (Å²) in [5, 5.41) is 5.55. The van der Waals surface area contributed by atoms with Gasteiger partial charge >= 0.3 is 6.36 Å². The number of carbonyl (C=O) groups is 1. The van der Waals surface area contributed by atoms with Gasteiger partial charge in [0, 0.05) is 36.2 Å². The monoisotopic (exact) mass is 393 g/mol. The molecule has 0 radical (unpaired) electrons. The molecule has 0 saturated carbocycles. The number of hydrogen-bond acceptors (Lipinski definition) is 4. The summed E-state index contributed by atoms with van der Waals surface area (Å²) in [5.41, 5.74) is 2.16. The third-order valence-corrected chi connectivity index (χ3v) is 4.39. The van der Waals surface area contributed by atoms with Gasteiger partial charge in [-0.25, -0.2) is 0 Å². The van der Waals surface area contributed by atoms with Crippen molar-refractivity contribution in [3.05, 3.63) is 48.5 Å². The van der Waals surface area contributed by atoms with E-state index >= 15 is 0 Å². The quantitative estimate of drug-likeness (QED) is 0.752. The van der Waals surface area contributed by atoms with E-state index in [-0.39, 0.29) is 18.2 Å². The van der Waals surface area contributed by atoms with E-state index in [2.05, 4.69) is 20.3 Å². The lowest BCUT2D eigenvalue weighted by Crippen LogP contribution is -2.29. The number of anilines is 3. The van der Waals surface area contributed by atoms with E-state index < -0.39 is 6.36 Å². The predicted octanol–water partition coefficient (Wildman–Crippen LogP) is 4.63. The molecule has 0 aromatic heterocycles. The summed E-state index contributed by atoms with van der Waals surface area (Å²) in [5.74, 6) is -0.640. The maximum atomic E-state index is 12.3. The minimum atomic E-state index is -4.75. The molecule has 1 aliphatic rings. The van der Waals surface area contributed by atoms with Crippen LogP contribution in [-0.2, 0) is 4.79 Å². The highest BCUT2D eigenvalue weighted by atomic mass is 19.4. The molecular formula is C20H22F3N3O2. The Hall–Kier alpha value is -2.90. The van der Waals surface area contributed by atoms with Gasteiger partial charge in [-0.1, -0.05) is 6.07 Å². The molecule has 0 atom stereocenters. The summed E-state index contributed by atoms with van der Waals surface area (Å²) in [4.78, 5) is 14.4. The molecule has 5 nitrogen and oxygen atoms in total. The summed E-state index contributed by atoms with van der Waals surface area (Å²) in [6, 6.07) is 13.0. The maximum absolute atomic E-state index is 12.3. The number of carbonyl (C=O) groups excluding carboxylic acids is 1. The minimum Gasteiger partial charge on any atom is -0.406 e. The van der Waals surface area contributed by atoms with Crippen LogP contribution < -0.4 is 20.3 Å². The van der Waals surface area contributed by atoms with E-state index in [0.717, 1.165) is 18.8 Å². The average Bonchev–Trinajstić information content (AvgIpc) is 2.67. The molecule has 0 bridgehead atoms. The van der Waals surface area contributed by atoms with Gasteiger partial charge in [0.05, 0.1) is 6.54 Å². The number of benzene rings is 2. The van der Waals surface area contributed by atoms with Crippen LogP contribution in [0.15, 0.2) is 48.5 Å². The second kappa shape index (κ2) is 8.86. The van der Waals surface area contributed by atoms with Crippen molar-refractivity contribution >= 4 is 23.0 Å². The van der Waals surface area contributed by atoms with Crippen LogP contribution >= 0.6 is 0 Å². The van der Waals surface area contributed by atoms with Crippen molar-refractivity contribution in [2.24, 2.45) is 0 Å². The lowest BCUT2D eigenvalue weighted by atomic mass is 10.1. The van der Waals surface area contributed by atoms with Crippen LogP contribution in [0.25, 0.3) is 0 Å². The molecule has 2 N–H and O–H groups in total. The zero-order valence-electron chi connectivity index (χ0n) is 15.3. The first-order valence-corrected chi connectivity index (χ1v) is 9.14. The zero-order chi connectivity index (χ0) is 20.0. The Kier molecular flexibility index (Phi) is 6.28. The Labute approximate surface area is 161 Å². The number of nitrogens with one attached hydrogen (secondary N) is 2. The van der Waals surface area contributed by atoms with Crippen molar-refractivity contribution < 1.29 is 22.7 Å². The lowest BCUT2D eigenvalue weighted by Gasteiger charge is -2.28. The third kappa shape index (κ3) is 6.07. The highest BCUT2D eigenvalue weighted by Crippen LogP contribution is 2.25. The molecule has 1 saturated heterocycles. The van der Waals surface area contributed by atoms with Crippen LogP contribution in [0.4, 0.5) is 30.2 Å². The van der Waals surface area contributed by atoms with E-state index in [1.807, 2.05) is 24.3 Å². The van der Waals surface area contributed by atoms with Crippen LogP contribution in [0.2, 0.25) is 0 Å². The summed E-state index contributed by atoms with van der Waals surface area (Å²) in [7, 11) is 0. The smallest absolute Gasteiger partial charge is 0.406 e. The van der Waals surface area contributed by atoms with Crippen LogP contribution in [0.5, 0.6) is 5.75 Å². The number of amides is 1. The van der Waals surface area contributed by atoms with Crippen molar-refractivity contribution in [1.82, 2.24) is 0 Å². The molecule has 0 aliphatic carbocycles. The fourth-order valence-corrected chi connectivity index (χ4v) is 3.10. The number of ether oxygens (including phenoxy) is 1. The summed E-state index contributed by atoms with van der Waals surface area (Å²) >= 11 is 0. The molecule has 1 fully saturated rings. The van der Waals surface area contributed by atoms with E-state index in [0.29, 0.717) is 11.4 Å². The molecule has 1 heterocycles. The van der Waals surface area contributed by atoms with Crippen molar-refractivity contribution in [2.75, 3.05) is 35.2 Å². The van der Waals surface area contributed by atoms with Crippen molar-refractivity contribution in [2.45, 2.75) is 25.6 Å². The summed E-state index contributed by atoms with van der Waals surface area (Å²) < 4.78 is 40.7. The molecule has 1 aliphatic heterocycles. The number of nitrogens with zero attached hydrogens (tertiary/aromatic N) is 1. The largest absolute Gasteiger partial charge is 0.573 e. The molecule has 3 rings (SSSR count).